The van der Waals surface area contributed by atoms with Crippen LogP contribution in [0, 0.1) is 11.6 Å². The van der Waals surface area contributed by atoms with Crippen molar-refractivity contribution in [2.75, 3.05) is 6.61 Å². The Kier molecular flexibility index (Phi) is 4.00. The molecule has 2 aliphatic rings. The van der Waals surface area contributed by atoms with Gasteiger partial charge in [0.05, 0.1) is 11.6 Å². The van der Waals surface area contributed by atoms with Crippen molar-refractivity contribution in [1.29, 1.82) is 0 Å². The van der Waals surface area contributed by atoms with Crippen LogP contribution in [0.2, 0.25) is 5.02 Å². The normalized spacial score (nSPS) is 16.3. The van der Waals surface area contributed by atoms with E-state index in [-0.39, 0.29) is 10.8 Å². The van der Waals surface area contributed by atoms with Crippen molar-refractivity contribution in [3.63, 3.8) is 0 Å². The molecule has 0 heterocycles. The molecule has 0 N–H and O–H groups in total. The fourth-order valence-corrected chi connectivity index (χ4v) is 4.35. The second-order valence-corrected chi connectivity index (χ2v) is 6.96. The summed E-state index contributed by atoms with van der Waals surface area (Å²) in [4.78, 5) is 0. The Balaban J connectivity index is 1.81. The number of halogens is 3. The fourth-order valence-electron chi connectivity index (χ4n) is 4.04. The van der Waals surface area contributed by atoms with E-state index in [1.54, 1.807) is 13.0 Å². The predicted octanol–water partition coefficient (Wildman–Crippen LogP) is 6.71. The van der Waals surface area contributed by atoms with Crippen LogP contribution in [0.3, 0.4) is 0 Å². The summed E-state index contributed by atoms with van der Waals surface area (Å²) in [6, 6.07) is 5.40. The van der Waals surface area contributed by atoms with E-state index in [0.29, 0.717) is 23.7 Å². The maximum absolute atomic E-state index is 14.9. The van der Waals surface area contributed by atoms with Crippen LogP contribution in [0.15, 0.2) is 18.2 Å². The summed E-state index contributed by atoms with van der Waals surface area (Å²) >= 11 is 6.33. The summed E-state index contributed by atoms with van der Waals surface area (Å²) in [6.45, 7) is 2.16. The Morgan fingerprint density at radius 1 is 1.04 bits per heavy atom. The molecule has 2 aliphatic carbocycles. The molecule has 1 nitrogen and oxygen atoms in total. The smallest absolute Gasteiger partial charge is 0.173 e. The van der Waals surface area contributed by atoms with Crippen LogP contribution in [0.5, 0.6) is 5.75 Å². The van der Waals surface area contributed by atoms with Gasteiger partial charge in [0.25, 0.3) is 0 Å². The lowest BCUT2D eigenvalue weighted by Gasteiger charge is -2.30. The summed E-state index contributed by atoms with van der Waals surface area (Å²) in [5, 5.41) is 0.160. The van der Waals surface area contributed by atoms with Crippen LogP contribution in [-0.4, -0.2) is 6.61 Å². The third-order valence-corrected chi connectivity index (χ3v) is 5.61. The summed E-state index contributed by atoms with van der Waals surface area (Å²) in [6.07, 6.45) is 5.63. The van der Waals surface area contributed by atoms with Gasteiger partial charge in [0.1, 0.15) is 0 Å². The van der Waals surface area contributed by atoms with Gasteiger partial charge in [0.15, 0.2) is 17.4 Å². The average molecular weight is 349 g/mol. The maximum Gasteiger partial charge on any atom is 0.173 e. The largest absolute Gasteiger partial charge is 0.491 e. The molecule has 0 amide bonds. The van der Waals surface area contributed by atoms with E-state index < -0.39 is 11.6 Å². The highest BCUT2D eigenvalue weighted by Crippen LogP contribution is 2.55. The van der Waals surface area contributed by atoms with E-state index in [1.807, 2.05) is 12.1 Å². The molecular weight excluding hydrogens is 330 g/mol. The lowest BCUT2D eigenvalue weighted by molar-refractivity contribution is 0.322. The quantitative estimate of drug-likeness (QED) is 0.511. The van der Waals surface area contributed by atoms with E-state index in [9.17, 15) is 8.78 Å². The number of benzene rings is 2. The van der Waals surface area contributed by atoms with E-state index >= 15 is 0 Å². The Morgan fingerprint density at radius 2 is 1.75 bits per heavy atom. The first-order valence-corrected chi connectivity index (χ1v) is 8.99. The minimum atomic E-state index is -0.498. The maximum atomic E-state index is 14.9. The molecule has 0 radical (unpaired) electrons. The Bertz CT molecular complexity index is 810. The minimum Gasteiger partial charge on any atom is -0.491 e. The molecule has 126 valence electrons. The lowest BCUT2D eigenvalue weighted by atomic mass is 9.75. The monoisotopic (exact) mass is 348 g/mol. The zero-order valence-corrected chi connectivity index (χ0v) is 14.4. The highest BCUT2D eigenvalue weighted by molar-refractivity contribution is 6.32. The molecule has 0 unspecified atom stereocenters. The van der Waals surface area contributed by atoms with Gasteiger partial charge in [-0.1, -0.05) is 30.9 Å². The van der Waals surface area contributed by atoms with Gasteiger partial charge in [-0.25, -0.2) is 8.78 Å². The topological polar surface area (TPSA) is 9.23 Å². The van der Waals surface area contributed by atoms with Crippen LogP contribution < -0.4 is 4.74 Å². The van der Waals surface area contributed by atoms with Gasteiger partial charge in [0.2, 0.25) is 0 Å². The summed E-state index contributed by atoms with van der Waals surface area (Å²) in [5.74, 6) is -0.520. The zero-order valence-electron chi connectivity index (χ0n) is 13.6. The molecule has 0 spiro atoms. The number of ether oxygens (including phenoxy) is 1. The molecule has 0 atom stereocenters. The van der Waals surface area contributed by atoms with Crippen molar-refractivity contribution >= 4 is 11.6 Å². The average Bonchev–Trinajstić information content (AvgIpc) is 2.58. The molecule has 4 heteroatoms. The summed E-state index contributed by atoms with van der Waals surface area (Å²) in [5.41, 5.74) is 3.00. The second kappa shape index (κ2) is 6.03. The van der Waals surface area contributed by atoms with Gasteiger partial charge in [-0.05, 0) is 60.6 Å². The van der Waals surface area contributed by atoms with Gasteiger partial charge in [-0.15, -0.1) is 0 Å². The first-order chi connectivity index (χ1) is 11.6. The number of fused-ring (bicyclic) bond motifs is 4. The standard InChI is InChI=1S/C20H19ClF2O/c1-2-24-15-9-8-12-14-10-13(11-6-4-3-5-7-11)18(21)20(23)17(14)16(12)19(15)22/h8-11H,2-7H2,1H3. The van der Waals surface area contributed by atoms with Crippen molar-refractivity contribution in [3.8, 4) is 28.0 Å². The number of hydrogen-bond donors (Lipinski definition) is 0. The van der Waals surface area contributed by atoms with Crippen molar-refractivity contribution in [1.82, 2.24) is 0 Å². The van der Waals surface area contributed by atoms with E-state index in [2.05, 4.69) is 0 Å². The lowest BCUT2D eigenvalue weighted by Crippen LogP contribution is -2.12. The number of rotatable bonds is 3. The third kappa shape index (κ3) is 2.25. The molecule has 2 aromatic carbocycles. The van der Waals surface area contributed by atoms with Crippen molar-refractivity contribution in [3.05, 3.63) is 40.4 Å². The second-order valence-electron chi connectivity index (χ2n) is 6.58. The molecule has 0 aromatic heterocycles. The summed E-state index contributed by atoms with van der Waals surface area (Å²) < 4.78 is 34.8. The molecule has 0 aliphatic heterocycles. The first kappa shape index (κ1) is 15.9. The predicted molar refractivity (Wildman–Crippen MR) is 92.8 cm³/mol. The Labute approximate surface area is 145 Å². The summed E-state index contributed by atoms with van der Waals surface area (Å²) in [7, 11) is 0. The Hall–Kier alpha value is -1.61. The van der Waals surface area contributed by atoms with Crippen LogP contribution in [0.25, 0.3) is 22.3 Å². The Morgan fingerprint density at radius 3 is 2.46 bits per heavy atom. The van der Waals surface area contributed by atoms with Crippen molar-refractivity contribution in [2.45, 2.75) is 44.9 Å². The van der Waals surface area contributed by atoms with Crippen molar-refractivity contribution in [2.24, 2.45) is 0 Å². The van der Waals surface area contributed by atoms with E-state index in [4.69, 9.17) is 16.3 Å². The van der Waals surface area contributed by atoms with E-state index in [1.165, 1.54) is 6.42 Å². The van der Waals surface area contributed by atoms with Crippen LogP contribution in [-0.2, 0) is 0 Å². The molecule has 24 heavy (non-hydrogen) atoms. The van der Waals surface area contributed by atoms with Crippen LogP contribution >= 0.6 is 11.6 Å². The molecule has 1 saturated carbocycles. The van der Waals surface area contributed by atoms with Gasteiger partial charge < -0.3 is 4.74 Å². The SMILES string of the molecule is CCOc1ccc2c(c1F)-c1c-2cc(C2CCCCC2)c(Cl)c1F. The van der Waals surface area contributed by atoms with Crippen LogP contribution in [0.1, 0.15) is 50.5 Å². The molecule has 1 fully saturated rings. The van der Waals surface area contributed by atoms with Gasteiger partial charge in [-0.3, -0.25) is 0 Å². The molecule has 0 bridgehead atoms. The van der Waals surface area contributed by atoms with E-state index in [0.717, 1.165) is 42.4 Å². The fraction of sp³-hybridized carbons (Fsp3) is 0.400. The van der Waals surface area contributed by atoms with Crippen LogP contribution in [0.4, 0.5) is 8.78 Å². The van der Waals surface area contributed by atoms with Crippen molar-refractivity contribution < 1.29 is 13.5 Å². The first-order valence-electron chi connectivity index (χ1n) is 8.61. The third-order valence-electron chi connectivity index (χ3n) is 5.23. The molecular formula is C20H19ClF2O. The molecule has 4 rings (SSSR count). The minimum absolute atomic E-state index is 0.160. The highest BCUT2D eigenvalue weighted by atomic mass is 35.5. The van der Waals surface area contributed by atoms with Gasteiger partial charge in [-0.2, -0.15) is 0 Å². The zero-order chi connectivity index (χ0) is 16.8. The van der Waals surface area contributed by atoms with Gasteiger partial charge in [0, 0.05) is 11.1 Å². The molecule has 0 saturated heterocycles. The number of hydrogen-bond acceptors (Lipinski definition) is 1. The molecule has 2 aromatic rings. The van der Waals surface area contributed by atoms with Gasteiger partial charge >= 0.3 is 0 Å². The highest BCUT2D eigenvalue weighted by Gasteiger charge is 2.34.